The third kappa shape index (κ3) is 2.70. The van der Waals surface area contributed by atoms with E-state index in [2.05, 4.69) is 0 Å². The van der Waals surface area contributed by atoms with E-state index in [-0.39, 0.29) is 6.61 Å². The molecule has 2 aliphatic rings. The molecular weight excluding hydrogens is 328 g/mol. The van der Waals surface area contributed by atoms with E-state index in [9.17, 15) is 14.4 Å². The minimum absolute atomic E-state index is 0.195. The standard InChI is InChI=1S/C17H22N2O6/c1-4-25-17(22)14-12(16(21)24-3)11(15(20)23-2)13-10-6-5-7-18(10)8-9-19(13)14/h5-7,11-14H,4,8-9H2,1-3H3/t11-,12-,13-,14-/m1/s1. The van der Waals surface area contributed by atoms with Gasteiger partial charge >= 0.3 is 17.9 Å². The predicted octanol–water partition coefficient (Wildman–Crippen LogP) is 0.369. The van der Waals surface area contributed by atoms with Gasteiger partial charge in [0.2, 0.25) is 0 Å². The molecule has 3 heterocycles. The van der Waals surface area contributed by atoms with Crippen LogP contribution in [0.4, 0.5) is 0 Å². The molecule has 0 unspecified atom stereocenters. The number of carbonyl (C=O) groups is 3. The van der Waals surface area contributed by atoms with Crippen LogP contribution in [0.25, 0.3) is 0 Å². The van der Waals surface area contributed by atoms with Crippen LogP contribution < -0.4 is 0 Å². The maximum atomic E-state index is 12.6. The predicted molar refractivity (Wildman–Crippen MR) is 85.3 cm³/mol. The van der Waals surface area contributed by atoms with E-state index in [1.54, 1.807) is 6.92 Å². The van der Waals surface area contributed by atoms with Gasteiger partial charge in [-0.1, -0.05) is 0 Å². The Morgan fingerprint density at radius 1 is 1.08 bits per heavy atom. The zero-order valence-electron chi connectivity index (χ0n) is 14.5. The first-order valence-electron chi connectivity index (χ1n) is 8.28. The molecule has 3 rings (SSSR count). The lowest BCUT2D eigenvalue weighted by molar-refractivity contribution is -0.161. The van der Waals surface area contributed by atoms with Gasteiger partial charge in [-0.25, -0.2) is 0 Å². The fourth-order valence-corrected chi connectivity index (χ4v) is 4.07. The summed E-state index contributed by atoms with van der Waals surface area (Å²) in [7, 11) is 2.53. The molecule has 1 aromatic heterocycles. The van der Waals surface area contributed by atoms with Gasteiger partial charge in [-0.05, 0) is 19.1 Å². The van der Waals surface area contributed by atoms with Crippen molar-refractivity contribution >= 4 is 17.9 Å². The van der Waals surface area contributed by atoms with Gasteiger partial charge < -0.3 is 18.8 Å². The minimum atomic E-state index is -0.969. The maximum Gasteiger partial charge on any atom is 0.324 e. The molecule has 8 nitrogen and oxygen atoms in total. The van der Waals surface area contributed by atoms with E-state index in [0.717, 1.165) is 5.69 Å². The fourth-order valence-electron chi connectivity index (χ4n) is 4.07. The van der Waals surface area contributed by atoms with Crippen molar-refractivity contribution < 1.29 is 28.6 Å². The summed E-state index contributed by atoms with van der Waals surface area (Å²) >= 11 is 0. The van der Waals surface area contributed by atoms with Crippen molar-refractivity contribution in [3.05, 3.63) is 24.0 Å². The summed E-state index contributed by atoms with van der Waals surface area (Å²) in [5.74, 6) is -3.47. The lowest BCUT2D eigenvalue weighted by Gasteiger charge is -2.35. The number of esters is 3. The van der Waals surface area contributed by atoms with Crippen LogP contribution in [0.3, 0.4) is 0 Å². The smallest absolute Gasteiger partial charge is 0.324 e. The van der Waals surface area contributed by atoms with E-state index in [1.165, 1.54) is 14.2 Å². The molecule has 0 N–H and O–H groups in total. The molecule has 0 radical (unpaired) electrons. The van der Waals surface area contributed by atoms with Crippen molar-refractivity contribution in [1.29, 1.82) is 0 Å². The number of hydrogen-bond acceptors (Lipinski definition) is 7. The Morgan fingerprint density at radius 3 is 2.40 bits per heavy atom. The Labute approximate surface area is 145 Å². The summed E-state index contributed by atoms with van der Waals surface area (Å²) in [5.41, 5.74) is 0.877. The monoisotopic (exact) mass is 350 g/mol. The van der Waals surface area contributed by atoms with Crippen LogP contribution in [0.2, 0.25) is 0 Å². The highest BCUT2D eigenvalue weighted by molar-refractivity contribution is 5.91. The molecule has 136 valence electrons. The minimum Gasteiger partial charge on any atom is -0.469 e. The van der Waals surface area contributed by atoms with Crippen molar-refractivity contribution in [1.82, 2.24) is 9.47 Å². The molecule has 8 heteroatoms. The lowest BCUT2D eigenvalue weighted by atomic mass is 9.85. The summed E-state index contributed by atoms with van der Waals surface area (Å²) in [6, 6.07) is 2.48. The van der Waals surface area contributed by atoms with Gasteiger partial charge in [0.05, 0.1) is 38.7 Å². The van der Waals surface area contributed by atoms with Crippen LogP contribution in [-0.4, -0.2) is 60.8 Å². The Balaban J connectivity index is 2.11. The molecule has 1 aromatic rings. The Morgan fingerprint density at radius 2 is 1.76 bits per heavy atom. The van der Waals surface area contributed by atoms with Gasteiger partial charge in [-0.15, -0.1) is 0 Å². The van der Waals surface area contributed by atoms with Crippen molar-refractivity contribution in [3.8, 4) is 0 Å². The summed E-state index contributed by atoms with van der Waals surface area (Å²) in [6.07, 6.45) is 1.92. The highest BCUT2D eigenvalue weighted by Gasteiger charge is 2.61. The molecule has 4 atom stereocenters. The van der Waals surface area contributed by atoms with Crippen LogP contribution >= 0.6 is 0 Å². The SMILES string of the molecule is CCOC(=O)[C@H]1[C@H](C(=O)OC)[C@@H](C(=O)OC)[C@H]2c3cccn3CCN21. The molecule has 0 aromatic carbocycles. The summed E-state index contributed by atoms with van der Waals surface area (Å²) in [5, 5.41) is 0. The number of methoxy groups -OCH3 is 2. The number of fused-ring (bicyclic) bond motifs is 3. The molecule has 0 saturated carbocycles. The normalized spacial score (nSPS) is 28.0. The summed E-state index contributed by atoms with van der Waals surface area (Å²) < 4.78 is 17.1. The molecule has 0 aliphatic carbocycles. The Bertz CT molecular complexity index is 684. The highest BCUT2D eigenvalue weighted by Crippen LogP contribution is 2.48. The molecule has 0 spiro atoms. The van der Waals surface area contributed by atoms with Crippen molar-refractivity contribution in [3.63, 3.8) is 0 Å². The van der Waals surface area contributed by atoms with Gasteiger partial charge in [-0.2, -0.15) is 0 Å². The van der Waals surface area contributed by atoms with Gasteiger partial charge in [0, 0.05) is 25.0 Å². The van der Waals surface area contributed by atoms with E-state index in [1.807, 2.05) is 27.8 Å². The second kappa shape index (κ2) is 6.87. The van der Waals surface area contributed by atoms with Crippen LogP contribution in [0.1, 0.15) is 18.7 Å². The summed E-state index contributed by atoms with van der Waals surface area (Å²) in [4.78, 5) is 39.5. The number of nitrogens with zero attached hydrogens (tertiary/aromatic N) is 2. The topological polar surface area (TPSA) is 87.1 Å². The first-order valence-corrected chi connectivity index (χ1v) is 8.28. The lowest BCUT2D eigenvalue weighted by Crippen LogP contribution is -2.46. The molecule has 0 amide bonds. The number of rotatable bonds is 4. The first kappa shape index (κ1) is 17.5. The molecule has 1 saturated heterocycles. The average molecular weight is 350 g/mol. The number of ether oxygens (including phenoxy) is 3. The van der Waals surface area contributed by atoms with E-state index in [0.29, 0.717) is 13.1 Å². The molecule has 2 aliphatic heterocycles. The zero-order chi connectivity index (χ0) is 18.1. The number of hydrogen-bond donors (Lipinski definition) is 0. The molecular formula is C17H22N2O6. The van der Waals surface area contributed by atoms with Gasteiger partial charge in [-0.3, -0.25) is 19.3 Å². The van der Waals surface area contributed by atoms with E-state index < -0.39 is 41.8 Å². The third-order valence-corrected chi connectivity index (χ3v) is 5.02. The van der Waals surface area contributed by atoms with Gasteiger partial charge in [0.25, 0.3) is 0 Å². The molecule has 25 heavy (non-hydrogen) atoms. The summed E-state index contributed by atoms with van der Waals surface area (Å²) in [6.45, 7) is 3.09. The maximum absolute atomic E-state index is 12.6. The highest BCUT2D eigenvalue weighted by atomic mass is 16.5. The van der Waals surface area contributed by atoms with E-state index in [4.69, 9.17) is 14.2 Å². The first-order chi connectivity index (χ1) is 12.0. The number of aromatic nitrogens is 1. The Kier molecular flexibility index (Phi) is 4.80. The van der Waals surface area contributed by atoms with Crippen molar-refractivity contribution in [2.75, 3.05) is 27.4 Å². The average Bonchev–Trinajstić information content (AvgIpc) is 3.22. The van der Waals surface area contributed by atoms with E-state index >= 15 is 0 Å². The largest absolute Gasteiger partial charge is 0.469 e. The third-order valence-electron chi connectivity index (χ3n) is 5.02. The second-order valence-corrected chi connectivity index (χ2v) is 6.10. The molecule has 1 fully saturated rings. The van der Waals surface area contributed by atoms with Crippen molar-refractivity contribution in [2.45, 2.75) is 25.6 Å². The van der Waals surface area contributed by atoms with Crippen molar-refractivity contribution in [2.24, 2.45) is 11.8 Å². The Hall–Kier alpha value is -2.35. The van der Waals surface area contributed by atoms with Crippen LogP contribution in [0.5, 0.6) is 0 Å². The van der Waals surface area contributed by atoms with Gasteiger partial charge in [0.1, 0.15) is 6.04 Å². The van der Waals surface area contributed by atoms with Crippen LogP contribution in [0, 0.1) is 11.8 Å². The molecule has 0 bridgehead atoms. The second-order valence-electron chi connectivity index (χ2n) is 6.10. The fraction of sp³-hybridized carbons (Fsp3) is 0.588. The quantitative estimate of drug-likeness (QED) is 0.573. The van der Waals surface area contributed by atoms with Gasteiger partial charge in [0.15, 0.2) is 0 Å². The zero-order valence-corrected chi connectivity index (χ0v) is 14.5. The number of carbonyl (C=O) groups excluding carboxylic acids is 3. The van der Waals surface area contributed by atoms with Crippen LogP contribution in [-0.2, 0) is 35.1 Å². The van der Waals surface area contributed by atoms with Crippen LogP contribution in [0.15, 0.2) is 18.3 Å².